The summed E-state index contributed by atoms with van der Waals surface area (Å²) in [5, 5.41) is 12.9. The molecule has 3 aromatic rings. The van der Waals surface area contributed by atoms with Gasteiger partial charge in [-0.3, -0.25) is 0 Å². The van der Waals surface area contributed by atoms with Crippen LogP contribution >= 0.6 is 34.8 Å². The lowest BCUT2D eigenvalue weighted by Gasteiger charge is -2.04. The Balaban J connectivity index is 1.72. The number of halogens is 3. The summed E-state index contributed by atoms with van der Waals surface area (Å²) in [5.74, 6) is 0.870. The number of hydrogen-bond acceptors (Lipinski definition) is 4. The first-order chi connectivity index (χ1) is 10.6. The van der Waals surface area contributed by atoms with Crippen LogP contribution in [0.2, 0.25) is 15.1 Å². The number of anilines is 1. The first kappa shape index (κ1) is 15.2. The molecule has 112 valence electrons. The van der Waals surface area contributed by atoms with Crippen molar-refractivity contribution in [3.05, 3.63) is 63.4 Å². The second kappa shape index (κ2) is 6.57. The van der Waals surface area contributed by atoms with E-state index in [1.54, 1.807) is 30.3 Å². The van der Waals surface area contributed by atoms with E-state index >= 15 is 0 Å². The van der Waals surface area contributed by atoms with Crippen LogP contribution in [0.25, 0.3) is 11.5 Å². The van der Waals surface area contributed by atoms with E-state index in [9.17, 15) is 0 Å². The van der Waals surface area contributed by atoms with E-state index in [0.29, 0.717) is 33.4 Å². The molecule has 4 nitrogen and oxygen atoms in total. The molecule has 0 aliphatic carbocycles. The van der Waals surface area contributed by atoms with E-state index in [0.717, 1.165) is 11.3 Å². The lowest BCUT2D eigenvalue weighted by Crippen LogP contribution is -1.99. The molecule has 1 aromatic heterocycles. The van der Waals surface area contributed by atoms with Crippen molar-refractivity contribution in [3.63, 3.8) is 0 Å². The topological polar surface area (TPSA) is 51.0 Å². The first-order valence-corrected chi connectivity index (χ1v) is 7.52. The van der Waals surface area contributed by atoms with Crippen LogP contribution in [0.4, 0.5) is 5.69 Å². The minimum Gasteiger partial charge on any atom is -0.419 e. The molecule has 0 amide bonds. The van der Waals surface area contributed by atoms with Gasteiger partial charge in [-0.05, 0) is 36.4 Å². The third-order valence-corrected chi connectivity index (χ3v) is 3.52. The average Bonchev–Trinajstić information content (AvgIpc) is 2.93. The number of nitrogens with zero attached hydrogens (tertiary/aromatic N) is 2. The van der Waals surface area contributed by atoms with E-state index in [2.05, 4.69) is 15.5 Å². The zero-order chi connectivity index (χ0) is 15.5. The molecular weight excluding hydrogens is 345 g/mol. The van der Waals surface area contributed by atoms with Crippen LogP contribution < -0.4 is 5.32 Å². The van der Waals surface area contributed by atoms with Crippen LogP contribution in [0.3, 0.4) is 0 Å². The molecule has 0 aliphatic rings. The van der Waals surface area contributed by atoms with Crippen molar-refractivity contribution in [2.24, 2.45) is 0 Å². The highest BCUT2D eigenvalue weighted by molar-refractivity contribution is 6.35. The van der Waals surface area contributed by atoms with Gasteiger partial charge in [-0.1, -0.05) is 40.9 Å². The van der Waals surface area contributed by atoms with Gasteiger partial charge >= 0.3 is 0 Å². The molecule has 2 aromatic carbocycles. The van der Waals surface area contributed by atoms with Crippen molar-refractivity contribution in [1.29, 1.82) is 0 Å². The number of aromatic nitrogens is 2. The zero-order valence-electron chi connectivity index (χ0n) is 11.2. The van der Waals surface area contributed by atoms with E-state index in [1.165, 1.54) is 0 Å². The fourth-order valence-corrected chi connectivity index (χ4v) is 2.61. The smallest absolute Gasteiger partial charge is 0.247 e. The SMILES string of the molecule is Clc1cc(Cl)cc(NCc2nnc(-c3cccc(Cl)c3)o2)c1. The average molecular weight is 355 g/mol. The van der Waals surface area contributed by atoms with Gasteiger partial charge in [-0.15, -0.1) is 10.2 Å². The Labute approximate surface area is 142 Å². The van der Waals surface area contributed by atoms with Gasteiger partial charge in [0.1, 0.15) is 0 Å². The van der Waals surface area contributed by atoms with Crippen molar-refractivity contribution in [3.8, 4) is 11.5 Å². The van der Waals surface area contributed by atoms with Gasteiger partial charge < -0.3 is 9.73 Å². The summed E-state index contributed by atoms with van der Waals surface area (Å²) >= 11 is 17.8. The normalized spacial score (nSPS) is 10.7. The molecule has 0 radical (unpaired) electrons. The minimum atomic E-state index is 0.365. The van der Waals surface area contributed by atoms with Gasteiger partial charge in [0.25, 0.3) is 0 Å². The van der Waals surface area contributed by atoms with Crippen LogP contribution in [-0.2, 0) is 6.54 Å². The largest absolute Gasteiger partial charge is 0.419 e. The van der Waals surface area contributed by atoms with Crippen molar-refractivity contribution in [2.75, 3.05) is 5.32 Å². The molecule has 3 rings (SSSR count). The molecular formula is C15H10Cl3N3O. The fraction of sp³-hybridized carbons (Fsp3) is 0.0667. The molecule has 1 N–H and O–H groups in total. The maximum Gasteiger partial charge on any atom is 0.247 e. The molecule has 0 atom stereocenters. The molecule has 0 saturated carbocycles. The zero-order valence-corrected chi connectivity index (χ0v) is 13.5. The summed E-state index contributed by atoms with van der Waals surface area (Å²) < 4.78 is 5.60. The van der Waals surface area contributed by atoms with Crippen molar-refractivity contribution < 1.29 is 4.42 Å². The fourth-order valence-electron chi connectivity index (χ4n) is 1.90. The monoisotopic (exact) mass is 353 g/mol. The van der Waals surface area contributed by atoms with Crippen LogP contribution in [0, 0.1) is 0 Å². The molecule has 22 heavy (non-hydrogen) atoms. The maximum atomic E-state index is 5.95. The first-order valence-electron chi connectivity index (χ1n) is 6.38. The van der Waals surface area contributed by atoms with E-state index in [1.807, 2.05) is 12.1 Å². The van der Waals surface area contributed by atoms with E-state index < -0.39 is 0 Å². The van der Waals surface area contributed by atoms with Crippen LogP contribution in [0.15, 0.2) is 46.9 Å². The Bertz CT molecular complexity index is 784. The maximum absolute atomic E-state index is 5.95. The third-order valence-electron chi connectivity index (χ3n) is 2.84. The lowest BCUT2D eigenvalue weighted by atomic mass is 10.2. The minimum absolute atomic E-state index is 0.365. The number of rotatable bonds is 4. The summed E-state index contributed by atoms with van der Waals surface area (Å²) in [5.41, 5.74) is 1.55. The van der Waals surface area contributed by atoms with Gasteiger partial charge in [0.05, 0.1) is 6.54 Å². The molecule has 1 heterocycles. The highest BCUT2D eigenvalue weighted by Crippen LogP contribution is 2.24. The second-order valence-corrected chi connectivity index (χ2v) is 5.83. The number of nitrogens with one attached hydrogen (secondary N) is 1. The van der Waals surface area contributed by atoms with E-state index in [-0.39, 0.29) is 0 Å². The third kappa shape index (κ3) is 3.71. The lowest BCUT2D eigenvalue weighted by molar-refractivity contribution is 0.515. The molecule has 0 saturated heterocycles. The molecule has 0 spiro atoms. The molecule has 0 aliphatic heterocycles. The van der Waals surface area contributed by atoms with Gasteiger partial charge in [0.2, 0.25) is 11.8 Å². The standard InChI is InChI=1S/C15H10Cl3N3O/c16-10-3-1-2-9(4-10)15-21-20-14(22-15)8-19-13-6-11(17)5-12(18)7-13/h1-7,19H,8H2. The molecule has 0 bridgehead atoms. The van der Waals surface area contributed by atoms with Gasteiger partial charge in [0.15, 0.2) is 0 Å². The second-order valence-electron chi connectivity index (χ2n) is 4.52. The van der Waals surface area contributed by atoms with Gasteiger partial charge in [-0.25, -0.2) is 0 Å². The summed E-state index contributed by atoms with van der Waals surface area (Å²) in [4.78, 5) is 0. The van der Waals surface area contributed by atoms with Crippen LogP contribution in [-0.4, -0.2) is 10.2 Å². The quantitative estimate of drug-likeness (QED) is 0.690. The predicted octanol–water partition coefficient (Wildman–Crippen LogP) is 5.31. The Kier molecular flexibility index (Phi) is 4.52. The summed E-state index contributed by atoms with van der Waals surface area (Å²) in [6.07, 6.45) is 0. The Morgan fingerprint density at radius 2 is 1.68 bits per heavy atom. The molecule has 0 unspecified atom stereocenters. The van der Waals surface area contributed by atoms with Crippen molar-refractivity contribution in [2.45, 2.75) is 6.54 Å². The predicted molar refractivity (Wildman–Crippen MR) is 88.5 cm³/mol. The summed E-state index contributed by atoms with van der Waals surface area (Å²) in [6, 6.07) is 12.4. The van der Waals surface area contributed by atoms with Crippen molar-refractivity contribution >= 4 is 40.5 Å². The summed E-state index contributed by atoms with van der Waals surface area (Å²) in [6.45, 7) is 0.365. The Hall–Kier alpha value is -1.75. The Morgan fingerprint density at radius 1 is 0.909 bits per heavy atom. The van der Waals surface area contributed by atoms with Gasteiger partial charge in [-0.2, -0.15) is 0 Å². The molecule has 7 heteroatoms. The van der Waals surface area contributed by atoms with Crippen LogP contribution in [0.5, 0.6) is 0 Å². The molecule has 0 fully saturated rings. The highest BCUT2D eigenvalue weighted by atomic mass is 35.5. The van der Waals surface area contributed by atoms with Crippen LogP contribution in [0.1, 0.15) is 5.89 Å². The number of benzene rings is 2. The number of hydrogen-bond donors (Lipinski definition) is 1. The van der Waals surface area contributed by atoms with E-state index in [4.69, 9.17) is 39.2 Å². The van der Waals surface area contributed by atoms with Gasteiger partial charge in [0, 0.05) is 26.3 Å². The summed E-state index contributed by atoms with van der Waals surface area (Å²) in [7, 11) is 0. The Morgan fingerprint density at radius 3 is 2.41 bits per heavy atom. The highest BCUT2D eigenvalue weighted by Gasteiger charge is 2.09. The van der Waals surface area contributed by atoms with Crippen molar-refractivity contribution in [1.82, 2.24) is 10.2 Å².